The second-order valence-corrected chi connectivity index (χ2v) is 9.87. The molecule has 0 saturated heterocycles. The summed E-state index contributed by atoms with van der Waals surface area (Å²) in [5.74, 6) is -0.144. The van der Waals surface area contributed by atoms with E-state index in [0.29, 0.717) is 10.9 Å². The number of hydrogen-bond donors (Lipinski definition) is 1. The number of carbonyl (C=O) groups is 1. The number of para-hydroxylation sites is 1. The van der Waals surface area contributed by atoms with Gasteiger partial charge in [0.15, 0.2) is 0 Å². The van der Waals surface area contributed by atoms with E-state index >= 15 is 0 Å². The SMILES string of the molecule is CC(CCc1ccccc1)NC(=O)Cn1cc(S(=O)(=O)c2ccccc2)c2ccccc21. The summed E-state index contributed by atoms with van der Waals surface area (Å²) in [6.45, 7) is 2.04. The number of nitrogens with zero attached hydrogens (tertiary/aromatic N) is 1. The quantitative estimate of drug-likeness (QED) is 0.430. The number of hydrogen-bond acceptors (Lipinski definition) is 3. The van der Waals surface area contributed by atoms with E-state index in [1.54, 1.807) is 47.2 Å². The van der Waals surface area contributed by atoms with Crippen LogP contribution in [0.15, 0.2) is 101 Å². The van der Waals surface area contributed by atoms with Crippen molar-refractivity contribution in [2.24, 2.45) is 0 Å². The first-order valence-corrected chi connectivity index (χ1v) is 12.1. The fourth-order valence-corrected chi connectivity index (χ4v) is 5.36. The molecule has 0 fully saturated rings. The Hall–Kier alpha value is -3.38. The molecule has 1 unspecified atom stereocenters. The normalized spacial score (nSPS) is 12.5. The lowest BCUT2D eigenvalue weighted by atomic mass is 10.1. The van der Waals surface area contributed by atoms with Crippen LogP contribution in [0.4, 0.5) is 0 Å². The van der Waals surface area contributed by atoms with Gasteiger partial charge in [-0.05, 0) is 43.5 Å². The van der Waals surface area contributed by atoms with Crippen molar-refractivity contribution in [3.05, 3.63) is 96.7 Å². The summed E-state index contributed by atoms with van der Waals surface area (Å²) < 4.78 is 28.2. The maximum absolute atomic E-state index is 13.2. The van der Waals surface area contributed by atoms with Crippen LogP contribution in [0.2, 0.25) is 0 Å². The minimum atomic E-state index is -3.70. The highest BCUT2D eigenvalue weighted by molar-refractivity contribution is 7.91. The standard InChI is InChI=1S/C26H26N2O3S/c1-20(16-17-21-10-4-2-5-11-21)27-26(29)19-28-18-25(23-14-8-9-15-24(23)28)32(30,31)22-12-6-3-7-13-22/h2-15,18,20H,16-17,19H2,1H3,(H,27,29). The smallest absolute Gasteiger partial charge is 0.240 e. The molecule has 0 aliphatic rings. The molecule has 164 valence electrons. The number of amides is 1. The second-order valence-electron chi connectivity index (χ2n) is 7.95. The highest BCUT2D eigenvalue weighted by Crippen LogP contribution is 2.30. The monoisotopic (exact) mass is 446 g/mol. The average Bonchev–Trinajstić information content (AvgIpc) is 3.18. The summed E-state index contributed by atoms with van der Waals surface area (Å²) in [7, 11) is -3.70. The van der Waals surface area contributed by atoms with Gasteiger partial charge in [-0.2, -0.15) is 0 Å². The molecule has 0 bridgehead atoms. The Kier molecular flexibility index (Phi) is 6.42. The van der Waals surface area contributed by atoms with E-state index < -0.39 is 9.84 Å². The van der Waals surface area contributed by atoms with Crippen molar-refractivity contribution in [3.8, 4) is 0 Å². The van der Waals surface area contributed by atoms with E-state index in [9.17, 15) is 13.2 Å². The van der Waals surface area contributed by atoms with Gasteiger partial charge in [0, 0.05) is 23.1 Å². The van der Waals surface area contributed by atoms with Gasteiger partial charge < -0.3 is 9.88 Å². The van der Waals surface area contributed by atoms with Crippen molar-refractivity contribution in [3.63, 3.8) is 0 Å². The third-order valence-corrected chi connectivity index (χ3v) is 7.32. The molecule has 1 N–H and O–H groups in total. The fourth-order valence-electron chi connectivity index (χ4n) is 3.86. The Bertz CT molecular complexity index is 1310. The Balaban J connectivity index is 1.52. The molecule has 5 nitrogen and oxygen atoms in total. The molecule has 4 rings (SSSR count). The Morgan fingerprint density at radius 3 is 2.25 bits per heavy atom. The number of carbonyl (C=O) groups excluding carboxylic acids is 1. The molecule has 0 radical (unpaired) electrons. The zero-order valence-corrected chi connectivity index (χ0v) is 18.8. The van der Waals surface area contributed by atoms with Crippen molar-refractivity contribution in [1.29, 1.82) is 0 Å². The molecule has 1 aromatic heterocycles. The van der Waals surface area contributed by atoms with Crippen LogP contribution in [-0.2, 0) is 27.6 Å². The number of aryl methyl sites for hydroxylation is 1. The Morgan fingerprint density at radius 2 is 1.53 bits per heavy atom. The van der Waals surface area contributed by atoms with Crippen molar-refractivity contribution >= 4 is 26.6 Å². The highest BCUT2D eigenvalue weighted by Gasteiger charge is 2.23. The predicted molar refractivity (Wildman–Crippen MR) is 126 cm³/mol. The summed E-state index contributed by atoms with van der Waals surface area (Å²) in [6.07, 6.45) is 3.28. The molecular formula is C26H26N2O3S. The molecule has 1 amide bonds. The molecular weight excluding hydrogens is 420 g/mol. The van der Waals surface area contributed by atoms with Crippen LogP contribution in [0.1, 0.15) is 18.9 Å². The van der Waals surface area contributed by atoms with Crippen molar-refractivity contribution in [1.82, 2.24) is 9.88 Å². The Morgan fingerprint density at radius 1 is 0.906 bits per heavy atom. The van der Waals surface area contributed by atoms with Gasteiger partial charge in [0.1, 0.15) is 6.54 Å². The van der Waals surface area contributed by atoms with Gasteiger partial charge in [-0.3, -0.25) is 4.79 Å². The van der Waals surface area contributed by atoms with Crippen LogP contribution in [0.3, 0.4) is 0 Å². The first kappa shape index (κ1) is 21.8. The van der Waals surface area contributed by atoms with E-state index in [-0.39, 0.29) is 28.3 Å². The molecule has 3 aromatic carbocycles. The third-order valence-electron chi connectivity index (χ3n) is 5.53. The van der Waals surface area contributed by atoms with Gasteiger partial charge in [0.2, 0.25) is 15.7 Å². The van der Waals surface area contributed by atoms with Gasteiger partial charge in [-0.25, -0.2) is 8.42 Å². The maximum Gasteiger partial charge on any atom is 0.240 e. The molecule has 0 saturated carbocycles. The summed E-state index contributed by atoms with van der Waals surface area (Å²) in [5, 5.41) is 3.65. The fraction of sp³-hybridized carbons (Fsp3) is 0.192. The zero-order valence-electron chi connectivity index (χ0n) is 17.9. The molecule has 0 aliphatic carbocycles. The summed E-state index contributed by atoms with van der Waals surface area (Å²) >= 11 is 0. The van der Waals surface area contributed by atoms with Gasteiger partial charge in [-0.1, -0.05) is 66.7 Å². The lowest BCUT2D eigenvalue weighted by Crippen LogP contribution is -2.35. The molecule has 32 heavy (non-hydrogen) atoms. The molecule has 1 atom stereocenters. The van der Waals surface area contributed by atoms with Crippen LogP contribution in [0.5, 0.6) is 0 Å². The number of rotatable bonds is 8. The second kappa shape index (κ2) is 9.40. The average molecular weight is 447 g/mol. The Labute approximate surface area is 188 Å². The molecule has 6 heteroatoms. The van der Waals surface area contributed by atoms with Crippen LogP contribution < -0.4 is 5.32 Å². The van der Waals surface area contributed by atoms with Crippen molar-refractivity contribution in [2.45, 2.75) is 42.1 Å². The number of sulfone groups is 1. The molecule has 0 aliphatic heterocycles. The van der Waals surface area contributed by atoms with Gasteiger partial charge >= 0.3 is 0 Å². The van der Waals surface area contributed by atoms with Gasteiger partial charge in [-0.15, -0.1) is 0 Å². The zero-order chi connectivity index (χ0) is 22.6. The van der Waals surface area contributed by atoms with Gasteiger partial charge in [0.25, 0.3) is 0 Å². The van der Waals surface area contributed by atoms with Gasteiger partial charge in [0.05, 0.1) is 9.79 Å². The van der Waals surface area contributed by atoms with Crippen LogP contribution in [0.25, 0.3) is 10.9 Å². The van der Waals surface area contributed by atoms with Crippen LogP contribution >= 0.6 is 0 Å². The lowest BCUT2D eigenvalue weighted by Gasteiger charge is -2.14. The molecule has 4 aromatic rings. The van der Waals surface area contributed by atoms with E-state index in [4.69, 9.17) is 0 Å². The minimum absolute atomic E-state index is 0.0112. The lowest BCUT2D eigenvalue weighted by molar-refractivity contribution is -0.122. The van der Waals surface area contributed by atoms with E-state index in [1.807, 2.05) is 43.3 Å². The van der Waals surface area contributed by atoms with Crippen molar-refractivity contribution in [2.75, 3.05) is 0 Å². The minimum Gasteiger partial charge on any atom is -0.352 e. The van der Waals surface area contributed by atoms with Crippen LogP contribution in [0, 0.1) is 0 Å². The first-order valence-electron chi connectivity index (χ1n) is 10.7. The van der Waals surface area contributed by atoms with Crippen LogP contribution in [-0.4, -0.2) is 24.9 Å². The predicted octanol–water partition coefficient (Wildman–Crippen LogP) is 4.61. The third kappa shape index (κ3) is 4.75. The molecule has 1 heterocycles. The number of aromatic nitrogens is 1. The van der Waals surface area contributed by atoms with E-state index in [2.05, 4.69) is 17.4 Å². The largest absolute Gasteiger partial charge is 0.352 e. The number of nitrogens with one attached hydrogen (secondary N) is 1. The van der Waals surface area contributed by atoms with E-state index in [1.165, 1.54) is 5.56 Å². The topological polar surface area (TPSA) is 68.2 Å². The molecule has 0 spiro atoms. The summed E-state index contributed by atoms with van der Waals surface area (Å²) in [4.78, 5) is 13.2. The highest BCUT2D eigenvalue weighted by atomic mass is 32.2. The number of benzene rings is 3. The summed E-state index contributed by atoms with van der Waals surface area (Å²) in [6, 6.07) is 25.8. The maximum atomic E-state index is 13.2. The summed E-state index contributed by atoms with van der Waals surface area (Å²) in [5.41, 5.74) is 1.95. The van der Waals surface area contributed by atoms with Crippen molar-refractivity contribution < 1.29 is 13.2 Å². The first-order chi connectivity index (χ1) is 15.4. The van der Waals surface area contributed by atoms with E-state index in [0.717, 1.165) is 12.8 Å². The number of fused-ring (bicyclic) bond motifs is 1.